The molecule has 4 aliphatic rings. The summed E-state index contributed by atoms with van der Waals surface area (Å²) in [5.41, 5.74) is 0.564. The van der Waals surface area contributed by atoms with Crippen LogP contribution in [0.3, 0.4) is 0 Å². The number of fused-ring (bicyclic) bond motifs is 1. The van der Waals surface area contributed by atoms with Gasteiger partial charge < -0.3 is 9.80 Å². The molecule has 0 unspecified atom stereocenters. The van der Waals surface area contributed by atoms with Crippen molar-refractivity contribution < 1.29 is 21.6 Å². The third kappa shape index (κ3) is 3.76. The number of likely N-dealkylation sites (tertiary alicyclic amines) is 1. The van der Waals surface area contributed by atoms with E-state index in [1.165, 1.54) is 0 Å². The summed E-state index contributed by atoms with van der Waals surface area (Å²) < 4.78 is 52.5. The first-order chi connectivity index (χ1) is 14.8. The summed E-state index contributed by atoms with van der Waals surface area (Å²) >= 11 is 0. The molecule has 0 radical (unpaired) electrons. The lowest BCUT2D eigenvalue weighted by molar-refractivity contribution is -0.136. The Hall–Kier alpha value is -1.98. The smallest absolute Gasteiger partial charge is 0.285 e. The summed E-state index contributed by atoms with van der Waals surface area (Å²) in [6.07, 6.45) is 2.14. The number of nitrogens with zero attached hydrogens (tertiary/aromatic N) is 4. The molecule has 0 bridgehead atoms. The van der Waals surface area contributed by atoms with E-state index in [9.17, 15) is 21.6 Å². The van der Waals surface area contributed by atoms with Crippen LogP contribution in [0.4, 0.5) is 0 Å². The first-order valence-electron chi connectivity index (χ1n) is 10.7. The Balaban J connectivity index is 1.29. The predicted molar refractivity (Wildman–Crippen MR) is 115 cm³/mol. The molecule has 31 heavy (non-hydrogen) atoms. The molecule has 0 aliphatic carbocycles. The summed E-state index contributed by atoms with van der Waals surface area (Å²) in [6.45, 7) is 3.04. The molecular formula is C20H26N4O5S2. The minimum absolute atomic E-state index is 0.000623. The van der Waals surface area contributed by atoms with Gasteiger partial charge in [-0.05, 0) is 31.4 Å². The molecule has 1 aromatic carbocycles. The van der Waals surface area contributed by atoms with Crippen LogP contribution >= 0.6 is 0 Å². The van der Waals surface area contributed by atoms with E-state index in [4.69, 9.17) is 0 Å². The largest absolute Gasteiger partial charge is 0.343 e. The lowest BCUT2D eigenvalue weighted by Gasteiger charge is -2.39. The van der Waals surface area contributed by atoms with Crippen molar-refractivity contribution in [2.45, 2.75) is 36.2 Å². The van der Waals surface area contributed by atoms with Gasteiger partial charge in [-0.3, -0.25) is 9.69 Å². The van der Waals surface area contributed by atoms with Gasteiger partial charge in [-0.15, -0.1) is 4.40 Å². The molecular weight excluding hydrogens is 440 g/mol. The van der Waals surface area contributed by atoms with Gasteiger partial charge in [0.25, 0.3) is 10.0 Å². The number of piperazine rings is 1. The average molecular weight is 467 g/mol. The number of hydrogen-bond acceptors (Lipinski definition) is 7. The van der Waals surface area contributed by atoms with Crippen LogP contribution in [-0.2, 0) is 24.7 Å². The summed E-state index contributed by atoms with van der Waals surface area (Å²) in [6, 6.07) is 6.39. The molecule has 1 aromatic rings. The lowest BCUT2D eigenvalue weighted by Crippen LogP contribution is -2.56. The molecule has 5 rings (SSSR count). The summed E-state index contributed by atoms with van der Waals surface area (Å²) in [5, 5.41) is 0. The number of amides is 1. The molecule has 2 atom stereocenters. The van der Waals surface area contributed by atoms with Crippen molar-refractivity contribution in [2.24, 2.45) is 4.40 Å². The number of carbonyl (C=O) groups is 1. The molecule has 168 valence electrons. The van der Waals surface area contributed by atoms with Gasteiger partial charge in [0.1, 0.15) is 10.9 Å². The Bertz CT molecular complexity index is 1140. The maximum absolute atomic E-state index is 13.3. The summed E-state index contributed by atoms with van der Waals surface area (Å²) in [7, 11) is -6.66. The van der Waals surface area contributed by atoms with Gasteiger partial charge in [0.05, 0.1) is 11.5 Å². The highest BCUT2D eigenvalue weighted by Crippen LogP contribution is 2.32. The molecule has 4 heterocycles. The Morgan fingerprint density at radius 1 is 0.968 bits per heavy atom. The second kappa shape index (κ2) is 7.56. The fourth-order valence-electron chi connectivity index (χ4n) is 5.15. The van der Waals surface area contributed by atoms with E-state index in [0.717, 1.165) is 6.42 Å². The van der Waals surface area contributed by atoms with Gasteiger partial charge in [-0.1, -0.05) is 12.1 Å². The monoisotopic (exact) mass is 466 g/mol. The van der Waals surface area contributed by atoms with Gasteiger partial charge >= 0.3 is 0 Å². The maximum atomic E-state index is 13.3. The van der Waals surface area contributed by atoms with Crippen molar-refractivity contribution in [2.75, 3.05) is 44.2 Å². The number of benzene rings is 1. The van der Waals surface area contributed by atoms with Crippen LogP contribution in [0.5, 0.6) is 0 Å². The SMILES string of the molecule is O=C([C@@H]1CCCN1C1=NS(=O)(=O)c2ccccc21)N1CCN([C@H]2CCS(=O)(=O)C2)CC1. The van der Waals surface area contributed by atoms with Crippen LogP contribution in [0, 0.1) is 0 Å². The van der Waals surface area contributed by atoms with Crippen molar-refractivity contribution in [3.63, 3.8) is 0 Å². The van der Waals surface area contributed by atoms with Gasteiger partial charge in [0.15, 0.2) is 15.7 Å². The average Bonchev–Trinajstić information content (AvgIpc) is 3.44. The predicted octanol–water partition coefficient (Wildman–Crippen LogP) is -0.0688. The Morgan fingerprint density at radius 2 is 1.71 bits per heavy atom. The normalized spacial score (nSPS) is 29.7. The molecule has 9 nitrogen and oxygen atoms in total. The van der Waals surface area contributed by atoms with Crippen molar-refractivity contribution in [3.8, 4) is 0 Å². The molecule has 11 heteroatoms. The number of sulfone groups is 1. The van der Waals surface area contributed by atoms with Crippen molar-refractivity contribution in [1.82, 2.24) is 14.7 Å². The van der Waals surface area contributed by atoms with Crippen molar-refractivity contribution in [3.05, 3.63) is 29.8 Å². The first-order valence-corrected chi connectivity index (χ1v) is 14.0. The van der Waals surface area contributed by atoms with Crippen LogP contribution in [0.1, 0.15) is 24.8 Å². The number of hydrogen-bond donors (Lipinski definition) is 0. The summed E-state index contributed by atoms with van der Waals surface area (Å²) in [5.74, 6) is 0.840. The van der Waals surface area contributed by atoms with Gasteiger partial charge in [0, 0.05) is 44.3 Å². The van der Waals surface area contributed by atoms with E-state index in [2.05, 4.69) is 9.30 Å². The lowest BCUT2D eigenvalue weighted by atomic mass is 10.1. The highest BCUT2D eigenvalue weighted by molar-refractivity contribution is 7.91. The standard InChI is InChI=1S/C20H26N4O5S2/c25-20(23-11-9-22(10-12-23)15-7-13-30(26,27)14-15)17-5-3-8-24(17)19-16-4-1-2-6-18(16)31(28,29)21-19/h1-2,4,6,15,17H,3,5,7-14H2/t15-,17-/m0/s1. The third-order valence-electron chi connectivity index (χ3n) is 6.77. The topological polar surface area (TPSA) is 107 Å². The number of sulfonamides is 1. The fraction of sp³-hybridized carbons (Fsp3) is 0.600. The minimum Gasteiger partial charge on any atom is -0.343 e. The molecule has 4 aliphatic heterocycles. The first kappa shape index (κ1) is 20.9. The molecule has 1 amide bonds. The van der Waals surface area contributed by atoms with Crippen LogP contribution in [0.2, 0.25) is 0 Å². The molecule has 0 saturated carbocycles. The zero-order valence-electron chi connectivity index (χ0n) is 17.2. The number of amidine groups is 1. The highest BCUT2D eigenvalue weighted by Gasteiger charge is 2.41. The van der Waals surface area contributed by atoms with E-state index >= 15 is 0 Å². The molecule has 3 fully saturated rings. The van der Waals surface area contributed by atoms with Crippen LogP contribution in [0.15, 0.2) is 33.6 Å². The third-order valence-corrected chi connectivity index (χ3v) is 9.85. The Morgan fingerprint density at radius 3 is 2.42 bits per heavy atom. The zero-order chi connectivity index (χ0) is 21.8. The van der Waals surface area contributed by atoms with Gasteiger partial charge in [-0.2, -0.15) is 8.42 Å². The quantitative estimate of drug-likeness (QED) is 0.601. The maximum Gasteiger partial charge on any atom is 0.285 e. The van der Waals surface area contributed by atoms with Crippen molar-refractivity contribution >= 4 is 31.6 Å². The van der Waals surface area contributed by atoms with Gasteiger partial charge in [-0.25, -0.2) is 8.42 Å². The molecule has 3 saturated heterocycles. The zero-order valence-corrected chi connectivity index (χ0v) is 18.8. The molecule has 0 spiro atoms. The van der Waals surface area contributed by atoms with Crippen LogP contribution in [-0.4, -0.2) is 99.6 Å². The Labute approximate surface area is 182 Å². The molecule has 0 aromatic heterocycles. The number of rotatable bonds is 2. The Kier molecular flexibility index (Phi) is 5.10. The van der Waals surface area contributed by atoms with Crippen LogP contribution < -0.4 is 0 Å². The summed E-state index contributed by atoms with van der Waals surface area (Å²) in [4.78, 5) is 19.4. The number of carbonyl (C=O) groups excluding carboxylic acids is 1. The van der Waals surface area contributed by atoms with E-state index in [1.54, 1.807) is 24.3 Å². The minimum atomic E-state index is -3.73. The van der Waals surface area contributed by atoms with E-state index < -0.39 is 25.9 Å². The van der Waals surface area contributed by atoms with E-state index in [-0.39, 0.29) is 28.4 Å². The van der Waals surface area contributed by atoms with Crippen LogP contribution in [0.25, 0.3) is 0 Å². The van der Waals surface area contributed by atoms with E-state index in [1.807, 2.05) is 9.80 Å². The van der Waals surface area contributed by atoms with Crippen molar-refractivity contribution in [1.29, 1.82) is 0 Å². The molecule has 0 N–H and O–H groups in total. The second-order valence-electron chi connectivity index (χ2n) is 8.66. The highest BCUT2D eigenvalue weighted by atomic mass is 32.2. The fourth-order valence-corrected chi connectivity index (χ4v) is 8.13. The van der Waals surface area contributed by atoms with Gasteiger partial charge in [0.2, 0.25) is 5.91 Å². The second-order valence-corrected chi connectivity index (χ2v) is 12.5. The van der Waals surface area contributed by atoms with E-state index in [0.29, 0.717) is 57.0 Å².